The number of hydrogen-bond acceptors (Lipinski definition) is 3. The van der Waals surface area contributed by atoms with Crippen LogP contribution in [0.1, 0.15) is 43.2 Å². The third kappa shape index (κ3) is 2.28. The lowest BCUT2D eigenvalue weighted by Gasteiger charge is -2.34. The van der Waals surface area contributed by atoms with Crippen LogP contribution in [0.4, 0.5) is 0 Å². The summed E-state index contributed by atoms with van der Waals surface area (Å²) in [6, 6.07) is 4.36. The average molecular weight is 262 g/mol. The van der Waals surface area contributed by atoms with Crippen LogP contribution in [-0.4, -0.2) is 17.4 Å². The summed E-state index contributed by atoms with van der Waals surface area (Å²) in [4.78, 5) is 15.6. The molecule has 0 spiro atoms. The molecule has 2 unspecified atom stereocenters. The quantitative estimate of drug-likeness (QED) is 0.840. The van der Waals surface area contributed by atoms with E-state index in [1.165, 1.54) is 10.4 Å². The standard InChI is InChI=1S/C14H18N2OS/c1-3-4-11(9-15)14(17)16-7-5-13-12(10(16)2)6-8-18-13/h6,8,10-11H,3-5,7H2,1-2H3. The average Bonchev–Trinajstić information content (AvgIpc) is 2.85. The van der Waals surface area contributed by atoms with Gasteiger partial charge in [0, 0.05) is 11.4 Å². The monoisotopic (exact) mass is 262 g/mol. The maximum absolute atomic E-state index is 12.4. The maximum Gasteiger partial charge on any atom is 0.240 e. The fraction of sp³-hybridized carbons (Fsp3) is 0.571. The summed E-state index contributed by atoms with van der Waals surface area (Å²) in [6.45, 7) is 4.81. The van der Waals surface area contributed by atoms with Crippen molar-refractivity contribution >= 4 is 17.2 Å². The van der Waals surface area contributed by atoms with Crippen molar-refractivity contribution in [3.63, 3.8) is 0 Å². The molecule has 2 atom stereocenters. The van der Waals surface area contributed by atoms with Crippen LogP contribution in [0.5, 0.6) is 0 Å². The smallest absolute Gasteiger partial charge is 0.240 e. The minimum Gasteiger partial charge on any atom is -0.334 e. The summed E-state index contributed by atoms with van der Waals surface area (Å²) in [7, 11) is 0. The second kappa shape index (κ2) is 5.53. The van der Waals surface area contributed by atoms with Crippen LogP contribution in [-0.2, 0) is 11.2 Å². The Morgan fingerprint density at radius 1 is 1.72 bits per heavy atom. The van der Waals surface area contributed by atoms with Crippen molar-refractivity contribution in [2.45, 2.75) is 39.2 Å². The van der Waals surface area contributed by atoms with Gasteiger partial charge in [0.1, 0.15) is 5.92 Å². The van der Waals surface area contributed by atoms with E-state index in [1.54, 1.807) is 11.3 Å². The molecule has 1 aromatic heterocycles. The van der Waals surface area contributed by atoms with Gasteiger partial charge in [-0.3, -0.25) is 4.79 Å². The number of nitrogens with zero attached hydrogens (tertiary/aromatic N) is 2. The van der Waals surface area contributed by atoms with E-state index in [4.69, 9.17) is 5.26 Å². The zero-order valence-electron chi connectivity index (χ0n) is 10.8. The van der Waals surface area contributed by atoms with E-state index in [0.717, 1.165) is 19.4 Å². The number of carbonyl (C=O) groups is 1. The molecule has 0 bridgehead atoms. The second-order valence-electron chi connectivity index (χ2n) is 4.73. The first-order chi connectivity index (χ1) is 8.69. The number of rotatable bonds is 3. The van der Waals surface area contributed by atoms with E-state index in [9.17, 15) is 4.79 Å². The molecule has 2 rings (SSSR count). The number of carbonyl (C=O) groups excluding carboxylic acids is 1. The third-order valence-corrected chi connectivity index (χ3v) is 4.59. The van der Waals surface area contributed by atoms with Crippen molar-refractivity contribution in [2.24, 2.45) is 5.92 Å². The van der Waals surface area contributed by atoms with E-state index in [-0.39, 0.29) is 11.9 Å². The molecule has 4 heteroatoms. The molecule has 2 heterocycles. The Bertz CT molecular complexity index is 474. The molecular weight excluding hydrogens is 244 g/mol. The van der Waals surface area contributed by atoms with E-state index in [1.807, 2.05) is 11.8 Å². The van der Waals surface area contributed by atoms with E-state index in [2.05, 4.69) is 24.4 Å². The Labute approximate surface area is 112 Å². The van der Waals surface area contributed by atoms with Crippen molar-refractivity contribution in [3.8, 4) is 6.07 Å². The lowest BCUT2D eigenvalue weighted by molar-refractivity contribution is -0.136. The van der Waals surface area contributed by atoms with Gasteiger partial charge in [0.2, 0.25) is 5.91 Å². The SMILES string of the molecule is CCCC(C#N)C(=O)N1CCc2sccc2C1C. The summed E-state index contributed by atoms with van der Waals surface area (Å²) in [5.74, 6) is -0.471. The molecule has 0 aliphatic carbocycles. The van der Waals surface area contributed by atoms with Crippen LogP contribution >= 0.6 is 11.3 Å². The minimum absolute atomic E-state index is 0.00343. The number of nitriles is 1. The van der Waals surface area contributed by atoms with Gasteiger partial charge >= 0.3 is 0 Å². The first kappa shape index (κ1) is 13.1. The van der Waals surface area contributed by atoms with Gasteiger partial charge in [-0.1, -0.05) is 13.3 Å². The third-order valence-electron chi connectivity index (χ3n) is 3.59. The molecular formula is C14H18N2OS. The summed E-state index contributed by atoms with van der Waals surface area (Å²) in [5, 5.41) is 11.2. The summed E-state index contributed by atoms with van der Waals surface area (Å²) in [5.41, 5.74) is 1.26. The highest BCUT2D eigenvalue weighted by molar-refractivity contribution is 7.10. The number of hydrogen-bond donors (Lipinski definition) is 0. The fourth-order valence-corrected chi connectivity index (χ4v) is 3.51. The topological polar surface area (TPSA) is 44.1 Å². The molecule has 96 valence electrons. The molecule has 18 heavy (non-hydrogen) atoms. The van der Waals surface area contributed by atoms with E-state index in [0.29, 0.717) is 6.42 Å². The summed E-state index contributed by atoms with van der Waals surface area (Å²) < 4.78 is 0. The van der Waals surface area contributed by atoms with Gasteiger partial charge in [-0.2, -0.15) is 5.26 Å². The minimum atomic E-state index is -0.474. The molecule has 0 fully saturated rings. The summed E-state index contributed by atoms with van der Waals surface area (Å²) in [6.07, 6.45) is 2.46. The summed E-state index contributed by atoms with van der Waals surface area (Å²) >= 11 is 1.76. The van der Waals surface area contributed by atoms with Crippen molar-refractivity contribution in [3.05, 3.63) is 21.9 Å². The molecule has 0 saturated carbocycles. The lowest BCUT2D eigenvalue weighted by atomic mass is 9.97. The molecule has 1 aliphatic rings. The Hall–Kier alpha value is -1.34. The molecule has 1 aromatic rings. The van der Waals surface area contributed by atoms with Crippen molar-refractivity contribution in [1.82, 2.24) is 4.90 Å². The zero-order chi connectivity index (χ0) is 13.1. The van der Waals surface area contributed by atoms with Gasteiger partial charge in [-0.15, -0.1) is 11.3 Å². The highest BCUT2D eigenvalue weighted by atomic mass is 32.1. The largest absolute Gasteiger partial charge is 0.334 e. The van der Waals surface area contributed by atoms with Crippen molar-refractivity contribution in [2.75, 3.05) is 6.54 Å². The zero-order valence-corrected chi connectivity index (χ0v) is 11.7. The first-order valence-electron chi connectivity index (χ1n) is 6.45. The van der Waals surface area contributed by atoms with Gasteiger partial charge in [0.15, 0.2) is 0 Å². The van der Waals surface area contributed by atoms with Crippen LogP contribution in [0.2, 0.25) is 0 Å². The fourth-order valence-electron chi connectivity index (χ4n) is 2.54. The first-order valence-corrected chi connectivity index (χ1v) is 7.33. The van der Waals surface area contributed by atoms with Gasteiger partial charge in [-0.25, -0.2) is 0 Å². The number of amides is 1. The number of fused-ring (bicyclic) bond motifs is 1. The normalized spacial score (nSPS) is 20.1. The van der Waals surface area contributed by atoms with E-state index >= 15 is 0 Å². The highest BCUT2D eigenvalue weighted by Crippen LogP contribution is 2.33. The molecule has 0 saturated heterocycles. The Kier molecular flexibility index (Phi) is 4.03. The number of thiophene rings is 1. The second-order valence-corrected chi connectivity index (χ2v) is 5.73. The van der Waals surface area contributed by atoms with Crippen LogP contribution in [0.25, 0.3) is 0 Å². The molecule has 1 aliphatic heterocycles. The maximum atomic E-state index is 12.4. The van der Waals surface area contributed by atoms with Crippen LogP contribution in [0.3, 0.4) is 0 Å². The molecule has 0 aromatic carbocycles. The van der Waals surface area contributed by atoms with E-state index < -0.39 is 5.92 Å². The van der Waals surface area contributed by atoms with Gasteiger partial charge in [-0.05, 0) is 36.8 Å². The van der Waals surface area contributed by atoms with Crippen molar-refractivity contribution in [1.29, 1.82) is 5.26 Å². The predicted octanol–water partition coefficient (Wildman–Crippen LogP) is 3.13. The Morgan fingerprint density at radius 3 is 3.17 bits per heavy atom. The predicted molar refractivity (Wildman–Crippen MR) is 72.2 cm³/mol. The van der Waals surface area contributed by atoms with Gasteiger partial charge in [0.05, 0.1) is 12.1 Å². The molecule has 0 radical (unpaired) electrons. The lowest BCUT2D eigenvalue weighted by Crippen LogP contribution is -2.41. The van der Waals surface area contributed by atoms with Crippen LogP contribution in [0.15, 0.2) is 11.4 Å². The van der Waals surface area contributed by atoms with Crippen LogP contribution < -0.4 is 0 Å². The molecule has 0 N–H and O–H groups in total. The molecule has 3 nitrogen and oxygen atoms in total. The highest BCUT2D eigenvalue weighted by Gasteiger charge is 2.31. The molecule has 1 amide bonds. The van der Waals surface area contributed by atoms with Gasteiger partial charge in [0.25, 0.3) is 0 Å². The van der Waals surface area contributed by atoms with Gasteiger partial charge < -0.3 is 4.90 Å². The Balaban J connectivity index is 2.16. The van der Waals surface area contributed by atoms with Crippen LogP contribution in [0, 0.1) is 17.2 Å². The van der Waals surface area contributed by atoms with Crippen molar-refractivity contribution < 1.29 is 4.79 Å². The Morgan fingerprint density at radius 2 is 2.50 bits per heavy atom.